The molecule has 8 nitrogen and oxygen atoms in total. The van der Waals surface area contributed by atoms with Crippen LogP contribution < -0.4 is 11.5 Å². The van der Waals surface area contributed by atoms with Crippen molar-refractivity contribution in [3.8, 4) is 0 Å². The summed E-state index contributed by atoms with van der Waals surface area (Å²) in [6.07, 6.45) is -1.68. The first-order chi connectivity index (χ1) is 7.25. The van der Waals surface area contributed by atoms with Gasteiger partial charge in [0.15, 0.2) is 0 Å². The number of nitrogens with two attached hydrogens (primary N) is 2. The molecule has 2 amide bonds. The highest BCUT2D eigenvalue weighted by molar-refractivity contribution is 6.43. The first-order valence-corrected chi connectivity index (χ1v) is 4.12. The predicted octanol–water partition coefficient (Wildman–Crippen LogP) is -2.42. The van der Waals surface area contributed by atoms with E-state index in [1.807, 2.05) is 0 Å². The van der Waals surface area contributed by atoms with Gasteiger partial charge in [0.05, 0.1) is 6.42 Å². The van der Waals surface area contributed by atoms with Gasteiger partial charge in [-0.05, 0) is 0 Å². The van der Waals surface area contributed by atoms with Gasteiger partial charge in [-0.25, -0.2) is 0 Å². The van der Waals surface area contributed by atoms with Gasteiger partial charge in [-0.15, -0.1) is 0 Å². The fourth-order valence-electron chi connectivity index (χ4n) is 0.933. The van der Waals surface area contributed by atoms with E-state index in [9.17, 15) is 24.0 Å². The van der Waals surface area contributed by atoms with Gasteiger partial charge in [-0.3, -0.25) is 24.0 Å². The molecule has 0 saturated heterocycles. The van der Waals surface area contributed by atoms with Crippen LogP contribution in [0.15, 0.2) is 0 Å². The van der Waals surface area contributed by atoms with Gasteiger partial charge in [-0.2, -0.15) is 0 Å². The monoisotopic (exact) mass is 230 g/mol. The number of amides is 2. The fourth-order valence-corrected chi connectivity index (χ4v) is 0.933. The Balaban J connectivity index is 4.74. The van der Waals surface area contributed by atoms with Crippen LogP contribution in [0, 0.1) is 5.92 Å². The van der Waals surface area contributed by atoms with E-state index in [-0.39, 0.29) is 0 Å². The molecule has 0 radical (unpaired) electrons. The summed E-state index contributed by atoms with van der Waals surface area (Å²) in [5.74, 6) is -8.20. The van der Waals surface area contributed by atoms with Crippen molar-refractivity contribution in [2.75, 3.05) is 0 Å². The van der Waals surface area contributed by atoms with E-state index in [1.54, 1.807) is 0 Å². The Labute approximate surface area is 89.6 Å². The molecule has 88 valence electrons. The molecule has 0 aliphatic heterocycles. The molecule has 1 unspecified atom stereocenters. The minimum absolute atomic E-state index is 0.793. The van der Waals surface area contributed by atoms with E-state index in [1.165, 1.54) is 0 Å². The minimum Gasteiger partial charge on any atom is -0.481 e. The molecule has 0 bridgehead atoms. The summed E-state index contributed by atoms with van der Waals surface area (Å²) in [6, 6.07) is 0. The molecule has 5 N–H and O–H groups in total. The second-order valence-corrected chi connectivity index (χ2v) is 2.99. The van der Waals surface area contributed by atoms with Crippen molar-refractivity contribution < 1.29 is 29.1 Å². The van der Waals surface area contributed by atoms with Gasteiger partial charge >= 0.3 is 5.97 Å². The normalized spacial score (nSPS) is 11.5. The van der Waals surface area contributed by atoms with Crippen LogP contribution in [0.5, 0.6) is 0 Å². The highest BCUT2D eigenvalue weighted by Gasteiger charge is 2.33. The number of hydrogen-bond donors (Lipinski definition) is 3. The number of carbonyl (C=O) groups excluding carboxylic acids is 4. The Morgan fingerprint density at radius 1 is 1.00 bits per heavy atom. The molecular formula is C8H10N2O6. The third-order valence-corrected chi connectivity index (χ3v) is 1.63. The lowest BCUT2D eigenvalue weighted by Crippen LogP contribution is -2.35. The number of ketones is 2. The lowest BCUT2D eigenvalue weighted by molar-refractivity contribution is -0.152. The predicted molar refractivity (Wildman–Crippen MR) is 48.8 cm³/mol. The largest absolute Gasteiger partial charge is 0.481 e. The first kappa shape index (κ1) is 13.8. The van der Waals surface area contributed by atoms with Gasteiger partial charge in [0.25, 0.3) is 0 Å². The molecule has 8 heteroatoms. The van der Waals surface area contributed by atoms with Crippen LogP contribution in [0.4, 0.5) is 0 Å². The number of primary amides is 2. The fraction of sp³-hybridized carbons (Fsp3) is 0.375. The SMILES string of the molecule is NC(=O)CC(=O)C(=O)C(CC(N)=O)C(=O)O. The molecule has 0 rings (SSSR count). The molecule has 0 aliphatic rings. The summed E-state index contributed by atoms with van der Waals surface area (Å²) in [6.45, 7) is 0. The van der Waals surface area contributed by atoms with E-state index in [0.717, 1.165) is 0 Å². The molecular weight excluding hydrogens is 220 g/mol. The summed E-state index contributed by atoms with van der Waals surface area (Å²) >= 11 is 0. The lowest BCUT2D eigenvalue weighted by atomic mass is 9.95. The maximum atomic E-state index is 11.2. The zero-order chi connectivity index (χ0) is 12.9. The molecule has 0 aromatic carbocycles. The number of Topliss-reactive ketones (excluding diaryl/α,β-unsaturated/α-hetero) is 2. The quantitative estimate of drug-likeness (QED) is 0.326. The lowest BCUT2D eigenvalue weighted by Gasteiger charge is -2.07. The minimum atomic E-state index is -1.86. The third kappa shape index (κ3) is 4.31. The van der Waals surface area contributed by atoms with Crippen molar-refractivity contribution in [2.24, 2.45) is 17.4 Å². The molecule has 0 aliphatic carbocycles. The number of carbonyl (C=O) groups is 5. The van der Waals surface area contributed by atoms with Gasteiger partial charge in [0.1, 0.15) is 5.92 Å². The number of carboxylic acid groups (broad SMARTS) is 1. The maximum Gasteiger partial charge on any atom is 0.315 e. The third-order valence-electron chi connectivity index (χ3n) is 1.63. The second kappa shape index (κ2) is 5.59. The number of aliphatic carboxylic acids is 1. The van der Waals surface area contributed by atoms with Crippen LogP contribution in [-0.2, 0) is 24.0 Å². The second-order valence-electron chi connectivity index (χ2n) is 2.99. The molecule has 0 fully saturated rings. The van der Waals surface area contributed by atoms with Gasteiger partial charge in [-0.1, -0.05) is 0 Å². The molecule has 0 aromatic rings. The van der Waals surface area contributed by atoms with E-state index in [0.29, 0.717) is 0 Å². The maximum absolute atomic E-state index is 11.2. The zero-order valence-corrected chi connectivity index (χ0v) is 8.13. The van der Waals surface area contributed by atoms with E-state index < -0.39 is 48.1 Å². The Morgan fingerprint density at radius 3 is 1.81 bits per heavy atom. The molecule has 0 aromatic heterocycles. The van der Waals surface area contributed by atoms with Gasteiger partial charge in [0.2, 0.25) is 23.4 Å². The van der Waals surface area contributed by atoms with Crippen molar-refractivity contribution >= 4 is 29.4 Å². The first-order valence-electron chi connectivity index (χ1n) is 4.12. The van der Waals surface area contributed by atoms with Gasteiger partial charge in [0, 0.05) is 6.42 Å². The van der Waals surface area contributed by atoms with Crippen LogP contribution in [0.2, 0.25) is 0 Å². The number of carboxylic acids is 1. The average molecular weight is 230 g/mol. The summed E-state index contributed by atoms with van der Waals surface area (Å²) < 4.78 is 0. The van der Waals surface area contributed by atoms with Crippen LogP contribution in [0.1, 0.15) is 12.8 Å². The molecule has 16 heavy (non-hydrogen) atoms. The topological polar surface area (TPSA) is 158 Å². The zero-order valence-electron chi connectivity index (χ0n) is 8.13. The Morgan fingerprint density at radius 2 is 1.50 bits per heavy atom. The van der Waals surface area contributed by atoms with Gasteiger partial charge < -0.3 is 16.6 Å². The summed E-state index contributed by atoms with van der Waals surface area (Å²) in [7, 11) is 0. The summed E-state index contributed by atoms with van der Waals surface area (Å²) in [4.78, 5) is 53.6. The van der Waals surface area contributed by atoms with E-state index in [2.05, 4.69) is 5.73 Å². The standard InChI is InChI=1S/C8H10N2O6/c9-5(12)1-3(8(15)16)7(14)4(11)2-6(10)13/h3H,1-2H2,(H2,9,12)(H2,10,13)(H,15,16). The van der Waals surface area contributed by atoms with Crippen LogP contribution in [-0.4, -0.2) is 34.5 Å². The van der Waals surface area contributed by atoms with Crippen molar-refractivity contribution in [2.45, 2.75) is 12.8 Å². The summed E-state index contributed by atoms with van der Waals surface area (Å²) in [5.41, 5.74) is 9.37. The van der Waals surface area contributed by atoms with Crippen molar-refractivity contribution in [3.63, 3.8) is 0 Å². The molecule has 0 spiro atoms. The number of hydrogen-bond acceptors (Lipinski definition) is 5. The van der Waals surface area contributed by atoms with Crippen molar-refractivity contribution in [1.82, 2.24) is 0 Å². The van der Waals surface area contributed by atoms with Crippen LogP contribution >= 0.6 is 0 Å². The average Bonchev–Trinajstić information content (AvgIpc) is 2.11. The van der Waals surface area contributed by atoms with Crippen LogP contribution in [0.3, 0.4) is 0 Å². The van der Waals surface area contributed by atoms with Crippen molar-refractivity contribution in [3.05, 3.63) is 0 Å². The van der Waals surface area contributed by atoms with E-state index >= 15 is 0 Å². The number of rotatable bonds is 7. The molecule has 0 saturated carbocycles. The van der Waals surface area contributed by atoms with Crippen molar-refractivity contribution in [1.29, 1.82) is 0 Å². The van der Waals surface area contributed by atoms with Crippen LogP contribution in [0.25, 0.3) is 0 Å². The smallest absolute Gasteiger partial charge is 0.315 e. The summed E-state index contributed by atoms with van der Waals surface area (Å²) in [5, 5.41) is 8.58. The molecule has 1 atom stereocenters. The molecule has 0 heterocycles. The Hall–Kier alpha value is -2.25. The van der Waals surface area contributed by atoms with E-state index in [4.69, 9.17) is 10.8 Å². The Bertz CT molecular complexity index is 362. The highest BCUT2D eigenvalue weighted by Crippen LogP contribution is 2.06. The highest BCUT2D eigenvalue weighted by atomic mass is 16.4. The Kier molecular flexibility index (Phi) is 4.80.